The first kappa shape index (κ1) is 11.7. The first-order valence-corrected chi connectivity index (χ1v) is 6.27. The second-order valence-electron chi connectivity index (χ2n) is 4.93. The summed E-state index contributed by atoms with van der Waals surface area (Å²) < 4.78 is 38.1. The van der Waals surface area contributed by atoms with Crippen molar-refractivity contribution in [1.29, 1.82) is 0 Å². The zero-order valence-corrected chi connectivity index (χ0v) is 9.93. The van der Waals surface area contributed by atoms with Gasteiger partial charge < -0.3 is 10.2 Å². The van der Waals surface area contributed by atoms with Gasteiger partial charge in [0.2, 0.25) is 0 Å². The molecule has 2 aliphatic heterocycles. The highest BCUT2D eigenvalue weighted by Crippen LogP contribution is 2.39. The molecule has 1 unspecified atom stereocenters. The van der Waals surface area contributed by atoms with Crippen LogP contribution in [-0.4, -0.2) is 19.1 Å². The summed E-state index contributed by atoms with van der Waals surface area (Å²) in [5, 5.41) is 3.12. The van der Waals surface area contributed by atoms with Crippen molar-refractivity contribution in [3.63, 3.8) is 0 Å². The van der Waals surface area contributed by atoms with Crippen LogP contribution in [0.1, 0.15) is 24.8 Å². The third-order valence-electron chi connectivity index (χ3n) is 3.80. The minimum absolute atomic E-state index is 0.482. The molecule has 3 rings (SSSR count). The van der Waals surface area contributed by atoms with Gasteiger partial charge in [-0.05, 0) is 37.5 Å². The summed E-state index contributed by atoms with van der Waals surface area (Å²) in [4.78, 5) is 2.25. The molecular formula is C13H15F3N2. The lowest BCUT2D eigenvalue weighted by Crippen LogP contribution is -2.28. The van der Waals surface area contributed by atoms with Crippen molar-refractivity contribution in [3.05, 3.63) is 23.8 Å². The molecule has 1 aromatic carbocycles. The Hall–Kier alpha value is -1.39. The number of fused-ring (bicyclic) bond motifs is 3. The number of nitrogens with zero attached hydrogens (tertiary/aromatic N) is 1. The Balaban J connectivity index is 2.01. The van der Waals surface area contributed by atoms with Gasteiger partial charge in [0.25, 0.3) is 0 Å². The van der Waals surface area contributed by atoms with Gasteiger partial charge in [-0.3, -0.25) is 0 Å². The summed E-state index contributed by atoms with van der Waals surface area (Å²) in [6.45, 7) is 1.69. The van der Waals surface area contributed by atoms with Gasteiger partial charge >= 0.3 is 6.18 Å². The molecule has 0 amide bonds. The SMILES string of the molecule is FC(F)(F)c1ccc2c(c1)NCCC1CCCN21. The molecule has 1 aromatic rings. The lowest BCUT2D eigenvalue weighted by atomic mass is 10.1. The van der Waals surface area contributed by atoms with Crippen LogP contribution in [0.25, 0.3) is 0 Å². The van der Waals surface area contributed by atoms with E-state index in [1.807, 2.05) is 0 Å². The number of hydrogen-bond donors (Lipinski definition) is 1. The molecule has 5 heteroatoms. The Morgan fingerprint density at radius 2 is 2.06 bits per heavy atom. The molecule has 1 fully saturated rings. The van der Waals surface area contributed by atoms with Gasteiger partial charge in [0.05, 0.1) is 16.9 Å². The van der Waals surface area contributed by atoms with Gasteiger partial charge in [0.15, 0.2) is 0 Å². The average molecular weight is 256 g/mol. The fourth-order valence-corrected chi connectivity index (χ4v) is 2.93. The molecule has 0 spiro atoms. The average Bonchev–Trinajstić information content (AvgIpc) is 2.70. The quantitative estimate of drug-likeness (QED) is 0.764. The molecule has 0 aliphatic carbocycles. The first-order chi connectivity index (χ1) is 8.55. The van der Waals surface area contributed by atoms with E-state index in [2.05, 4.69) is 10.2 Å². The molecule has 98 valence electrons. The van der Waals surface area contributed by atoms with Gasteiger partial charge in [0.1, 0.15) is 0 Å². The highest BCUT2D eigenvalue weighted by atomic mass is 19.4. The van der Waals surface area contributed by atoms with Crippen molar-refractivity contribution in [3.8, 4) is 0 Å². The lowest BCUT2D eigenvalue weighted by Gasteiger charge is -2.25. The highest BCUT2D eigenvalue weighted by Gasteiger charge is 2.33. The van der Waals surface area contributed by atoms with Gasteiger partial charge in [0, 0.05) is 19.1 Å². The van der Waals surface area contributed by atoms with Crippen LogP contribution in [0.3, 0.4) is 0 Å². The van der Waals surface area contributed by atoms with Crippen molar-refractivity contribution in [1.82, 2.24) is 0 Å². The zero-order chi connectivity index (χ0) is 12.8. The van der Waals surface area contributed by atoms with Crippen LogP contribution in [0.5, 0.6) is 0 Å². The standard InChI is InChI=1S/C13H15F3N2/c14-13(15,16)9-3-4-12-11(8-9)17-6-5-10-2-1-7-18(10)12/h3-4,8,10,17H,1-2,5-7H2. The molecule has 1 atom stereocenters. The lowest BCUT2D eigenvalue weighted by molar-refractivity contribution is -0.137. The number of halogens is 3. The normalized spacial score (nSPS) is 23.1. The summed E-state index contributed by atoms with van der Waals surface area (Å²) in [6.07, 6.45) is -1.00. The molecule has 2 nitrogen and oxygen atoms in total. The van der Waals surface area contributed by atoms with E-state index >= 15 is 0 Å². The van der Waals surface area contributed by atoms with E-state index in [9.17, 15) is 13.2 Å². The van der Waals surface area contributed by atoms with Crippen LogP contribution in [0.2, 0.25) is 0 Å². The Labute approximate surface area is 104 Å². The molecule has 0 saturated carbocycles. The number of nitrogens with one attached hydrogen (secondary N) is 1. The Morgan fingerprint density at radius 1 is 1.22 bits per heavy atom. The molecule has 0 bridgehead atoms. The van der Waals surface area contributed by atoms with Crippen molar-refractivity contribution in [2.75, 3.05) is 23.3 Å². The summed E-state index contributed by atoms with van der Waals surface area (Å²) >= 11 is 0. The van der Waals surface area contributed by atoms with Crippen LogP contribution >= 0.6 is 0 Å². The minimum Gasteiger partial charge on any atom is -0.383 e. The Kier molecular flexibility index (Phi) is 2.64. The van der Waals surface area contributed by atoms with Crippen LogP contribution in [0.15, 0.2) is 18.2 Å². The van der Waals surface area contributed by atoms with E-state index in [1.54, 1.807) is 6.07 Å². The molecule has 2 aliphatic rings. The number of rotatable bonds is 0. The van der Waals surface area contributed by atoms with Crippen molar-refractivity contribution >= 4 is 11.4 Å². The molecule has 0 radical (unpaired) electrons. The predicted molar refractivity (Wildman–Crippen MR) is 64.9 cm³/mol. The van der Waals surface area contributed by atoms with E-state index in [1.165, 1.54) is 12.1 Å². The largest absolute Gasteiger partial charge is 0.416 e. The second-order valence-corrected chi connectivity index (χ2v) is 4.93. The molecule has 18 heavy (non-hydrogen) atoms. The summed E-state index contributed by atoms with van der Waals surface area (Å²) in [7, 11) is 0. The smallest absolute Gasteiger partial charge is 0.383 e. The molecule has 1 saturated heterocycles. The van der Waals surface area contributed by atoms with E-state index < -0.39 is 11.7 Å². The molecule has 2 heterocycles. The third-order valence-corrected chi connectivity index (χ3v) is 3.80. The second kappa shape index (κ2) is 4.07. The fourth-order valence-electron chi connectivity index (χ4n) is 2.93. The molecule has 0 aromatic heterocycles. The predicted octanol–water partition coefficient (Wildman–Crippen LogP) is 3.49. The fraction of sp³-hybridized carbons (Fsp3) is 0.538. The van der Waals surface area contributed by atoms with Crippen molar-refractivity contribution in [2.45, 2.75) is 31.5 Å². The first-order valence-electron chi connectivity index (χ1n) is 6.27. The number of hydrogen-bond acceptors (Lipinski definition) is 2. The minimum atomic E-state index is -4.27. The summed E-state index contributed by atoms with van der Waals surface area (Å²) in [5.41, 5.74) is 0.962. The molecular weight excluding hydrogens is 241 g/mol. The monoisotopic (exact) mass is 256 g/mol. The number of anilines is 2. The van der Waals surface area contributed by atoms with Crippen LogP contribution in [-0.2, 0) is 6.18 Å². The number of benzene rings is 1. The summed E-state index contributed by atoms with van der Waals surface area (Å²) in [6, 6.07) is 4.50. The Morgan fingerprint density at radius 3 is 2.83 bits per heavy atom. The van der Waals surface area contributed by atoms with E-state index in [0.29, 0.717) is 11.7 Å². The Bertz CT molecular complexity index is 456. The maximum Gasteiger partial charge on any atom is 0.416 e. The van der Waals surface area contributed by atoms with Gasteiger partial charge in [-0.15, -0.1) is 0 Å². The maximum absolute atomic E-state index is 12.7. The maximum atomic E-state index is 12.7. The van der Waals surface area contributed by atoms with E-state index in [0.717, 1.165) is 38.0 Å². The number of alkyl halides is 3. The molecule has 1 N–H and O–H groups in total. The van der Waals surface area contributed by atoms with E-state index in [-0.39, 0.29) is 0 Å². The van der Waals surface area contributed by atoms with Gasteiger partial charge in [-0.1, -0.05) is 0 Å². The van der Waals surface area contributed by atoms with Gasteiger partial charge in [-0.2, -0.15) is 13.2 Å². The topological polar surface area (TPSA) is 15.3 Å². The van der Waals surface area contributed by atoms with E-state index in [4.69, 9.17) is 0 Å². The highest BCUT2D eigenvalue weighted by molar-refractivity contribution is 5.72. The van der Waals surface area contributed by atoms with Crippen molar-refractivity contribution < 1.29 is 13.2 Å². The zero-order valence-electron chi connectivity index (χ0n) is 9.93. The van der Waals surface area contributed by atoms with Crippen LogP contribution < -0.4 is 10.2 Å². The third kappa shape index (κ3) is 1.91. The van der Waals surface area contributed by atoms with Crippen LogP contribution in [0, 0.1) is 0 Å². The van der Waals surface area contributed by atoms with Crippen LogP contribution in [0.4, 0.5) is 24.5 Å². The van der Waals surface area contributed by atoms with Gasteiger partial charge in [-0.25, -0.2) is 0 Å². The summed E-state index contributed by atoms with van der Waals surface area (Å²) in [5.74, 6) is 0. The van der Waals surface area contributed by atoms with Crippen molar-refractivity contribution in [2.24, 2.45) is 0 Å².